The van der Waals surface area contributed by atoms with E-state index in [1.165, 1.54) is 0 Å². The van der Waals surface area contributed by atoms with E-state index in [0.717, 1.165) is 11.1 Å². The van der Waals surface area contributed by atoms with Crippen molar-refractivity contribution in [2.75, 3.05) is 0 Å². The minimum atomic E-state index is 0.261. The van der Waals surface area contributed by atoms with Crippen molar-refractivity contribution in [3.8, 4) is 12.1 Å². The van der Waals surface area contributed by atoms with Gasteiger partial charge in [-0.2, -0.15) is 10.5 Å². The Morgan fingerprint density at radius 1 is 0.577 bits per heavy atom. The molecule has 0 N–H and O–H groups in total. The third-order valence-electron chi connectivity index (χ3n) is 3.99. The van der Waals surface area contributed by atoms with Gasteiger partial charge in [0.15, 0.2) is 0 Å². The molecule has 0 aliphatic heterocycles. The summed E-state index contributed by atoms with van der Waals surface area (Å²) in [6.45, 7) is 0. The van der Waals surface area contributed by atoms with Gasteiger partial charge in [-0.3, -0.25) is 0 Å². The maximum Gasteiger partial charge on any atom is 0.101 e. The van der Waals surface area contributed by atoms with Crippen LogP contribution in [-0.2, 0) is 0 Å². The van der Waals surface area contributed by atoms with Gasteiger partial charge in [-0.25, -0.2) is 0 Å². The lowest BCUT2D eigenvalue weighted by molar-refractivity contribution is 1.41. The van der Waals surface area contributed by atoms with Crippen molar-refractivity contribution in [3.63, 3.8) is 0 Å². The monoisotopic (exact) mass is 368 g/mol. The van der Waals surface area contributed by atoms with Crippen LogP contribution in [0.5, 0.6) is 0 Å². The third-order valence-corrected chi connectivity index (χ3v) is 4.90. The molecule has 0 radical (unpaired) electrons. The smallest absolute Gasteiger partial charge is 0.101 e. The average Bonchev–Trinajstić information content (AvgIpc) is 2.72. The van der Waals surface area contributed by atoms with Crippen LogP contribution in [0.25, 0.3) is 0 Å². The second kappa shape index (κ2) is 7.80. The lowest BCUT2D eigenvalue weighted by Gasteiger charge is -2.12. The largest absolute Gasteiger partial charge is 0.192 e. The molecule has 0 aliphatic rings. The summed E-state index contributed by atoms with van der Waals surface area (Å²) in [6, 6.07) is 26.7. The van der Waals surface area contributed by atoms with E-state index in [9.17, 15) is 10.5 Å². The zero-order chi connectivity index (χ0) is 18.5. The van der Waals surface area contributed by atoms with E-state index >= 15 is 0 Å². The summed E-state index contributed by atoms with van der Waals surface area (Å²) in [5.74, 6) is 0. The summed E-state index contributed by atoms with van der Waals surface area (Å²) in [7, 11) is 0. The fourth-order valence-electron chi connectivity index (χ4n) is 2.70. The predicted molar refractivity (Wildman–Crippen MR) is 110 cm³/mol. The first kappa shape index (κ1) is 17.6. The number of nitrogens with zero attached hydrogens (tertiary/aromatic N) is 2. The first-order valence-electron chi connectivity index (χ1n) is 7.84. The van der Waals surface area contributed by atoms with Crippen LogP contribution in [0.3, 0.4) is 0 Å². The lowest BCUT2D eigenvalue weighted by Crippen LogP contribution is -2.09. The Balaban J connectivity index is 2.15. The van der Waals surface area contributed by atoms with Gasteiger partial charge >= 0.3 is 0 Å². The molecule has 0 heterocycles. The van der Waals surface area contributed by atoms with E-state index in [4.69, 9.17) is 24.4 Å². The minimum Gasteiger partial charge on any atom is -0.192 e. The van der Waals surface area contributed by atoms with E-state index in [1.54, 1.807) is 12.1 Å². The molecular weight excluding hydrogens is 356 g/mol. The Kier molecular flexibility index (Phi) is 5.29. The molecule has 0 fully saturated rings. The number of hydrogen-bond acceptors (Lipinski definition) is 4. The molecule has 0 atom stereocenters. The molecule has 0 amide bonds. The summed E-state index contributed by atoms with van der Waals surface area (Å²) < 4.78 is 0. The minimum absolute atomic E-state index is 0.261. The highest BCUT2D eigenvalue weighted by Crippen LogP contribution is 2.24. The van der Waals surface area contributed by atoms with Gasteiger partial charge in [0.05, 0.1) is 20.9 Å². The van der Waals surface area contributed by atoms with E-state index in [2.05, 4.69) is 12.1 Å². The molecule has 0 aromatic heterocycles. The van der Waals surface area contributed by atoms with Crippen molar-refractivity contribution in [1.82, 2.24) is 0 Å². The van der Waals surface area contributed by atoms with Crippen molar-refractivity contribution in [2.45, 2.75) is 0 Å². The Hall–Kier alpha value is -3.18. The summed E-state index contributed by atoms with van der Waals surface area (Å²) in [5, 5.41) is 19.4. The average molecular weight is 368 g/mol. The number of hydrogen-bond donors (Lipinski definition) is 0. The SMILES string of the molecule is N#Cc1c(C(=S)c2ccccc2)ccc(C(=S)c2ccccc2)c1C#N. The van der Waals surface area contributed by atoms with Crippen LogP contribution in [0.15, 0.2) is 72.8 Å². The molecule has 0 unspecified atom stereocenters. The Morgan fingerprint density at radius 2 is 0.923 bits per heavy atom. The van der Waals surface area contributed by atoms with Gasteiger partial charge in [-0.15, -0.1) is 0 Å². The van der Waals surface area contributed by atoms with Crippen LogP contribution in [0.1, 0.15) is 33.4 Å². The van der Waals surface area contributed by atoms with Crippen molar-refractivity contribution in [1.29, 1.82) is 10.5 Å². The van der Waals surface area contributed by atoms with Crippen LogP contribution in [-0.4, -0.2) is 9.73 Å². The second-order valence-electron chi connectivity index (χ2n) is 5.52. The third kappa shape index (κ3) is 3.30. The van der Waals surface area contributed by atoms with Gasteiger partial charge < -0.3 is 0 Å². The van der Waals surface area contributed by atoms with Gasteiger partial charge in [0.25, 0.3) is 0 Å². The summed E-state index contributed by atoms with van der Waals surface area (Å²) in [5.41, 5.74) is 3.34. The molecule has 4 heteroatoms. The summed E-state index contributed by atoms with van der Waals surface area (Å²) in [4.78, 5) is 1.08. The molecule has 0 saturated carbocycles. The van der Waals surface area contributed by atoms with Gasteiger partial charge in [-0.05, 0) is 11.1 Å². The van der Waals surface area contributed by atoms with Crippen molar-refractivity contribution < 1.29 is 0 Å². The molecule has 0 spiro atoms. The topological polar surface area (TPSA) is 47.6 Å². The van der Waals surface area contributed by atoms with Crippen molar-refractivity contribution in [2.24, 2.45) is 0 Å². The highest BCUT2D eigenvalue weighted by molar-refractivity contribution is 7.81. The van der Waals surface area contributed by atoms with Crippen LogP contribution >= 0.6 is 24.4 Å². The van der Waals surface area contributed by atoms with E-state index < -0.39 is 0 Å². The second-order valence-corrected chi connectivity index (χ2v) is 6.34. The molecule has 3 rings (SSSR count). The summed E-state index contributed by atoms with van der Waals surface area (Å²) >= 11 is 11.1. The molecule has 0 aliphatic carbocycles. The van der Waals surface area contributed by atoms with E-state index in [1.807, 2.05) is 60.7 Å². The van der Waals surface area contributed by atoms with Crippen LogP contribution in [0.4, 0.5) is 0 Å². The highest BCUT2D eigenvalue weighted by Gasteiger charge is 2.19. The van der Waals surface area contributed by atoms with Crippen molar-refractivity contribution >= 4 is 34.2 Å². The highest BCUT2D eigenvalue weighted by atomic mass is 32.1. The molecule has 3 aromatic carbocycles. The molecule has 3 aromatic rings. The quantitative estimate of drug-likeness (QED) is 0.482. The Morgan fingerprint density at radius 3 is 1.23 bits per heavy atom. The van der Waals surface area contributed by atoms with Gasteiger partial charge in [0, 0.05) is 11.1 Å². The molecule has 0 bridgehead atoms. The van der Waals surface area contributed by atoms with Gasteiger partial charge in [0.2, 0.25) is 0 Å². The molecule has 122 valence electrons. The van der Waals surface area contributed by atoms with Gasteiger partial charge in [0.1, 0.15) is 12.1 Å². The maximum absolute atomic E-state index is 9.70. The van der Waals surface area contributed by atoms with Crippen LogP contribution in [0.2, 0.25) is 0 Å². The standard InChI is InChI=1S/C22H12N2S2/c23-13-19-17(21(25)15-7-3-1-4-8-15)11-12-18(20(19)14-24)22(26)16-9-5-2-6-10-16/h1-12H. The molecule has 0 saturated heterocycles. The first-order valence-corrected chi connectivity index (χ1v) is 8.65. The Labute approximate surface area is 163 Å². The lowest BCUT2D eigenvalue weighted by atomic mass is 9.90. The first-order chi connectivity index (χ1) is 12.7. The molecular formula is C22H12N2S2. The molecule has 2 nitrogen and oxygen atoms in total. The van der Waals surface area contributed by atoms with Crippen molar-refractivity contribution in [3.05, 3.63) is 106 Å². The zero-order valence-corrected chi connectivity index (χ0v) is 15.3. The van der Waals surface area contributed by atoms with Gasteiger partial charge in [-0.1, -0.05) is 97.2 Å². The molecule has 26 heavy (non-hydrogen) atoms. The summed E-state index contributed by atoms with van der Waals surface area (Å²) in [6.07, 6.45) is 0. The number of thiocarbonyl (C=S) groups is 2. The normalized spacial score (nSPS) is 9.77. The Bertz CT molecular complexity index is 984. The van der Waals surface area contributed by atoms with E-state index in [0.29, 0.717) is 20.9 Å². The maximum atomic E-state index is 9.70. The van der Waals surface area contributed by atoms with Crippen LogP contribution < -0.4 is 0 Å². The number of rotatable bonds is 4. The fourth-order valence-corrected chi connectivity index (χ4v) is 3.32. The fraction of sp³-hybridized carbons (Fsp3) is 0. The zero-order valence-electron chi connectivity index (χ0n) is 13.6. The van der Waals surface area contributed by atoms with Crippen LogP contribution in [0, 0.1) is 22.7 Å². The number of nitriles is 2. The number of benzene rings is 3. The predicted octanol–water partition coefficient (Wildman–Crippen LogP) is 4.96. The van der Waals surface area contributed by atoms with E-state index in [-0.39, 0.29) is 11.1 Å².